The molecule has 2 rings (SSSR count). The van der Waals surface area contributed by atoms with Gasteiger partial charge in [0.15, 0.2) is 0 Å². The topological polar surface area (TPSA) is 42.0 Å². The average molecular weight is 312 g/mol. The van der Waals surface area contributed by atoms with Gasteiger partial charge in [0.2, 0.25) is 0 Å². The number of halogens is 2. The Bertz CT molecular complexity index is 560. The average Bonchev–Trinajstić information content (AvgIpc) is 2.29. The Labute approximate surface area is 112 Å². The van der Waals surface area contributed by atoms with E-state index in [1.807, 2.05) is 0 Å². The maximum atomic E-state index is 11.8. The van der Waals surface area contributed by atoms with E-state index in [1.165, 1.54) is 0 Å². The first kappa shape index (κ1) is 12.1. The Morgan fingerprint density at radius 3 is 2.71 bits per heavy atom. The predicted octanol–water partition coefficient (Wildman–Crippen LogP) is 3.75. The van der Waals surface area contributed by atoms with Crippen molar-refractivity contribution >= 4 is 39.1 Å². The van der Waals surface area contributed by atoms with Gasteiger partial charge in [-0.3, -0.25) is 4.79 Å². The van der Waals surface area contributed by atoms with Gasteiger partial charge >= 0.3 is 0 Å². The molecular formula is C12H8BrClN2O. The molecule has 1 aromatic heterocycles. The fraction of sp³-hybridized carbons (Fsp3) is 0. The lowest BCUT2D eigenvalue weighted by Gasteiger charge is -2.04. The summed E-state index contributed by atoms with van der Waals surface area (Å²) in [5.41, 5.74) is 0.989. The molecule has 0 bridgehead atoms. The molecule has 1 aromatic carbocycles. The molecule has 2 aromatic rings. The normalized spacial score (nSPS) is 10.0. The number of amides is 1. The van der Waals surface area contributed by atoms with E-state index in [9.17, 15) is 4.79 Å². The van der Waals surface area contributed by atoms with Crippen molar-refractivity contribution in [2.45, 2.75) is 0 Å². The van der Waals surface area contributed by atoms with Gasteiger partial charge in [0.25, 0.3) is 5.91 Å². The first-order valence-electron chi connectivity index (χ1n) is 4.84. The van der Waals surface area contributed by atoms with Gasteiger partial charge in [-0.25, -0.2) is 4.98 Å². The molecule has 3 nitrogen and oxygen atoms in total. The summed E-state index contributed by atoms with van der Waals surface area (Å²) in [7, 11) is 0. The smallest absolute Gasteiger partial charge is 0.274 e. The van der Waals surface area contributed by atoms with Crippen molar-refractivity contribution in [3.8, 4) is 0 Å². The molecule has 0 atom stereocenters. The number of hydrogen-bond acceptors (Lipinski definition) is 2. The molecule has 17 heavy (non-hydrogen) atoms. The van der Waals surface area contributed by atoms with Crippen molar-refractivity contribution in [3.63, 3.8) is 0 Å². The van der Waals surface area contributed by atoms with Gasteiger partial charge in [-0.2, -0.15) is 0 Å². The third-order valence-electron chi connectivity index (χ3n) is 2.03. The number of nitrogens with zero attached hydrogens (tertiary/aromatic N) is 1. The zero-order chi connectivity index (χ0) is 12.3. The SMILES string of the molecule is O=C(Nc1cccc(Cl)c1)c1cccc(Br)n1. The lowest BCUT2D eigenvalue weighted by Crippen LogP contribution is -2.13. The second kappa shape index (κ2) is 5.29. The van der Waals surface area contributed by atoms with E-state index in [0.717, 1.165) is 0 Å². The van der Waals surface area contributed by atoms with Crippen LogP contribution in [0.3, 0.4) is 0 Å². The Balaban J connectivity index is 2.17. The van der Waals surface area contributed by atoms with Crippen LogP contribution in [-0.4, -0.2) is 10.9 Å². The van der Waals surface area contributed by atoms with Crippen molar-refractivity contribution in [1.29, 1.82) is 0 Å². The van der Waals surface area contributed by atoms with Crippen LogP contribution < -0.4 is 5.32 Å². The first-order valence-corrected chi connectivity index (χ1v) is 6.02. The van der Waals surface area contributed by atoms with E-state index >= 15 is 0 Å². The summed E-state index contributed by atoms with van der Waals surface area (Å²) in [4.78, 5) is 15.9. The van der Waals surface area contributed by atoms with Crippen LogP contribution in [-0.2, 0) is 0 Å². The van der Waals surface area contributed by atoms with E-state index in [2.05, 4.69) is 26.2 Å². The fourth-order valence-electron chi connectivity index (χ4n) is 1.30. The number of pyridine rings is 1. The van der Waals surface area contributed by atoms with E-state index in [4.69, 9.17) is 11.6 Å². The molecule has 1 amide bonds. The largest absolute Gasteiger partial charge is 0.321 e. The summed E-state index contributed by atoms with van der Waals surface area (Å²) >= 11 is 9.04. The molecule has 0 aliphatic heterocycles. The van der Waals surface area contributed by atoms with Crippen molar-refractivity contribution in [1.82, 2.24) is 4.98 Å². The third kappa shape index (κ3) is 3.28. The third-order valence-corrected chi connectivity index (χ3v) is 2.71. The second-order valence-corrected chi connectivity index (χ2v) is 4.56. The molecule has 0 aliphatic rings. The second-order valence-electron chi connectivity index (χ2n) is 3.31. The zero-order valence-corrected chi connectivity index (χ0v) is 11.0. The minimum atomic E-state index is -0.270. The monoisotopic (exact) mass is 310 g/mol. The Hall–Kier alpha value is -1.39. The molecule has 0 saturated carbocycles. The van der Waals surface area contributed by atoms with Crippen LogP contribution in [0, 0.1) is 0 Å². The minimum absolute atomic E-state index is 0.270. The van der Waals surface area contributed by atoms with Gasteiger partial charge in [-0.05, 0) is 46.3 Å². The molecule has 0 spiro atoms. The van der Waals surface area contributed by atoms with E-state index in [0.29, 0.717) is 21.0 Å². The van der Waals surface area contributed by atoms with Crippen LogP contribution in [0.5, 0.6) is 0 Å². The minimum Gasteiger partial charge on any atom is -0.321 e. The predicted molar refractivity (Wildman–Crippen MR) is 71.3 cm³/mol. The van der Waals surface area contributed by atoms with Crippen LogP contribution in [0.15, 0.2) is 47.1 Å². The lowest BCUT2D eigenvalue weighted by atomic mass is 10.3. The van der Waals surface area contributed by atoms with E-state index in [-0.39, 0.29) is 5.91 Å². The summed E-state index contributed by atoms with van der Waals surface area (Å²) in [5, 5.41) is 3.29. The Morgan fingerprint density at radius 1 is 1.24 bits per heavy atom. The van der Waals surface area contributed by atoms with Crippen molar-refractivity contribution in [2.75, 3.05) is 5.32 Å². The number of benzene rings is 1. The molecule has 0 radical (unpaired) electrons. The number of carbonyl (C=O) groups is 1. The highest BCUT2D eigenvalue weighted by molar-refractivity contribution is 9.10. The van der Waals surface area contributed by atoms with Crippen molar-refractivity contribution < 1.29 is 4.79 Å². The summed E-state index contributed by atoms with van der Waals surface area (Å²) < 4.78 is 0.622. The summed E-state index contributed by atoms with van der Waals surface area (Å²) in [5.74, 6) is -0.270. The Morgan fingerprint density at radius 2 is 2.00 bits per heavy atom. The summed E-state index contributed by atoms with van der Waals surface area (Å²) in [6.07, 6.45) is 0. The number of anilines is 1. The van der Waals surface area contributed by atoms with Crippen LogP contribution in [0.1, 0.15) is 10.5 Å². The number of carbonyl (C=O) groups excluding carboxylic acids is 1. The number of nitrogens with one attached hydrogen (secondary N) is 1. The van der Waals surface area contributed by atoms with Gasteiger partial charge in [-0.1, -0.05) is 23.7 Å². The highest BCUT2D eigenvalue weighted by atomic mass is 79.9. The highest BCUT2D eigenvalue weighted by Crippen LogP contribution is 2.16. The molecule has 0 fully saturated rings. The van der Waals surface area contributed by atoms with Crippen LogP contribution in [0.2, 0.25) is 5.02 Å². The molecule has 1 N–H and O–H groups in total. The van der Waals surface area contributed by atoms with Crippen molar-refractivity contribution in [3.05, 3.63) is 57.8 Å². The van der Waals surface area contributed by atoms with Crippen LogP contribution in [0.4, 0.5) is 5.69 Å². The van der Waals surface area contributed by atoms with Crippen molar-refractivity contribution in [2.24, 2.45) is 0 Å². The van der Waals surface area contributed by atoms with E-state index in [1.54, 1.807) is 42.5 Å². The molecule has 5 heteroatoms. The van der Waals surface area contributed by atoms with Crippen LogP contribution in [0.25, 0.3) is 0 Å². The highest BCUT2D eigenvalue weighted by Gasteiger charge is 2.07. The summed E-state index contributed by atoms with van der Waals surface area (Å²) in [6, 6.07) is 12.1. The number of aromatic nitrogens is 1. The van der Waals surface area contributed by atoms with Gasteiger partial charge in [0.1, 0.15) is 10.3 Å². The molecular weight excluding hydrogens is 304 g/mol. The standard InChI is InChI=1S/C12H8BrClN2O/c13-11-6-2-5-10(16-11)12(17)15-9-4-1-3-8(14)7-9/h1-7H,(H,15,17). The maximum Gasteiger partial charge on any atom is 0.274 e. The van der Waals surface area contributed by atoms with E-state index < -0.39 is 0 Å². The zero-order valence-electron chi connectivity index (χ0n) is 8.65. The number of rotatable bonds is 2. The maximum absolute atomic E-state index is 11.8. The van der Waals surface area contributed by atoms with Gasteiger partial charge in [-0.15, -0.1) is 0 Å². The molecule has 86 valence electrons. The number of hydrogen-bond donors (Lipinski definition) is 1. The quantitative estimate of drug-likeness (QED) is 0.858. The molecule has 1 heterocycles. The lowest BCUT2D eigenvalue weighted by molar-refractivity contribution is 0.102. The van der Waals surface area contributed by atoms with Gasteiger partial charge in [0, 0.05) is 10.7 Å². The Kier molecular flexibility index (Phi) is 3.76. The van der Waals surface area contributed by atoms with Crippen LogP contribution >= 0.6 is 27.5 Å². The van der Waals surface area contributed by atoms with Gasteiger partial charge < -0.3 is 5.32 Å². The fourth-order valence-corrected chi connectivity index (χ4v) is 1.83. The molecule has 0 aliphatic carbocycles. The molecule has 0 unspecified atom stereocenters. The molecule has 0 saturated heterocycles. The first-order chi connectivity index (χ1) is 8.15. The summed E-state index contributed by atoms with van der Waals surface area (Å²) in [6.45, 7) is 0. The van der Waals surface area contributed by atoms with Gasteiger partial charge in [0.05, 0.1) is 0 Å².